The molecule has 0 spiro atoms. The van der Waals surface area contributed by atoms with Crippen LogP contribution in [0, 0.1) is 0 Å². The molecular formula is C16H26N2O. The molecule has 1 aliphatic heterocycles. The standard InChI is InChI=1S/C16H26N2O/c1-19-14-16-7-5-15(6-8-16)13-17-9-4-12-18-10-2-3-11-18/h5-8,17H,2-4,9-14H2,1H3. The van der Waals surface area contributed by atoms with Crippen LogP contribution in [0.1, 0.15) is 30.4 Å². The lowest BCUT2D eigenvalue weighted by molar-refractivity contribution is 0.185. The van der Waals surface area contributed by atoms with Crippen LogP contribution in [0.5, 0.6) is 0 Å². The summed E-state index contributed by atoms with van der Waals surface area (Å²) in [6.07, 6.45) is 4.03. The first-order valence-electron chi connectivity index (χ1n) is 7.38. The molecule has 0 aliphatic carbocycles. The minimum Gasteiger partial charge on any atom is -0.380 e. The molecule has 0 atom stereocenters. The first-order chi connectivity index (χ1) is 9.38. The highest BCUT2D eigenvalue weighted by atomic mass is 16.5. The average Bonchev–Trinajstić information content (AvgIpc) is 2.94. The number of methoxy groups -OCH3 is 1. The molecule has 3 nitrogen and oxygen atoms in total. The highest BCUT2D eigenvalue weighted by Crippen LogP contribution is 2.07. The van der Waals surface area contributed by atoms with Crippen molar-refractivity contribution in [3.63, 3.8) is 0 Å². The highest BCUT2D eigenvalue weighted by molar-refractivity contribution is 5.21. The zero-order valence-corrected chi connectivity index (χ0v) is 12.0. The van der Waals surface area contributed by atoms with Gasteiger partial charge in [0.15, 0.2) is 0 Å². The van der Waals surface area contributed by atoms with Crippen molar-refractivity contribution in [2.75, 3.05) is 33.3 Å². The minimum absolute atomic E-state index is 0.698. The van der Waals surface area contributed by atoms with E-state index in [1.807, 2.05) is 0 Å². The summed E-state index contributed by atoms with van der Waals surface area (Å²) >= 11 is 0. The van der Waals surface area contributed by atoms with E-state index in [0.29, 0.717) is 6.61 Å². The van der Waals surface area contributed by atoms with Gasteiger partial charge in [0.25, 0.3) is 0 Å². The van der Waals surface area contributed by atoms with E-state index >= 15 is 0 Å². The summed E-state index contributed by atoms with van der Waals surface area (Å²) in [5.74, 6) is 0. The molecule has 0 unspecified atom stereocenters. The Bertz CT molecular complexity index is 344. The smallest absolute Gasteiger partial charge is 0.0713 e. The Morgan fingerprint density at radius 2 is 1.79 bits per heavy atom. The van der Waals surface area contributed by atoms with Crippen molar-refractivity contribution >= 4 is 0 Å². The fraction of sp³-hybridized carbons (Fsp3) is 0.625. The summed E-state index contributed by atoms with van der Waals surface area (Å²) < 4.78 is 5.11. The second-order valence-corrected chi connectivity index (χ2v) is 5.33. The molecule has 0 aromatic heterocycles. The van der Waals surface area contributed by atoms with Gasteiger partial charge in [0.2, 0.25) is 0 Å². The summed E-state index contributed by atoms with van der Waals surface area (Å²) in [7, 11) is 1.73. The third kappa shape index (κ3) is 5.31. The molecule has 1 aromatic rings. The zero-order chi connectivity index (χ0) is 13.3. The summed E-state index contributed by atoms with van der Waals surface area (Å²) in [5, 5.41) is 3.52. The Kier molecular flexibility index (Phi) is 6.34. The second kappa shape index (κ2) is 8.31. The largest absolute Gasteiger partial charge is 0.380 e. The van der Waals surface area contributed by atoms with Crippen LogP contribution < -0.4 is 5.32 Å². The molecule has 1 aliphatic rings. The Hall–Kier alpha value is -0.900. The normalized spacial score (nSPS) is 16.1. The van der Waals surface area contributed by atoms with Crippen LogP contribution in [0.25, 0.3) is 0 Å². The average molecular weight is 262 g/mol. The van der Waals surface area contributed by atoms with E-state index in [4.69, 9.17) is 4.74 Å². The monoisotopic (exact) mass is 262 g/mol. The Balaban J connectivity index is 1.57. The molecule has 0 radical (unpaired) electrons. The lowest BCUT2D eigenvalue weighted by atomic mass is 10.1. The Morgan fingerprint density at radius 3 is 2.47 bits per heavy atom. The van der Waals surface area contributed by atoms with Crippen LogP contribution in [-0.4, -0.2) is 38.2 Å². The van der Waals surface area contributed by atoms with Gasteiger partial charge in [-0.3, -0.25) is 0 Å². The predicted molar refractivity (Wildman–Crippen MR) is 79.2 cm³/mol. The molecule has 3 heteroatoms. The van der Waals surface area contributed by atoms with Gasteiger partial charge in [-0.05, 0) is 56.6 Å². The number of likely N-dealkylation sites (tertiary alicyclic amines) is 1. The molecule has 1 heterocycles. The van der Waals surface area contributed by atoms with Gasteiger partial charge in [0.05, 0.1) is 6.61 Å². The molecule has 1 saturated heterocycles. The van der Waals surface area contributed by atoms with Crippen LogP contribution in [0.4, 0.5) is 0 Å². The quantitative estimate of drug-likeness (QED) is 0.728. The van der Waals surface area contributed by atoms with Gasteiger partial charge >= 0.3 is 0 Å². The van der Waals surface area contributed by atoms with Gasteiger partial charge in [-0.2, -0.15) is 0 Å². The van der Waals surface area contributed by atoms with Gasteiger partial charge in [0, 0.05) is 13.7 Å². The molecular weight excluding hydrogens is 236 g/mol. The van der Waals surface area contributed by atoms with Crippen molar-refractivity contribution in [1.29, 1.82) is 0 Å². The lowest BCUT2D eigenvalue weighted by Gasteiger charge is -2.14. The van der Waals surface area contributed by atoms with Gasteiger partial charge in [0.1, 0.15) is 0 Å². The van der Waals surface area contributed by atoms with Gasteiger partial charge < -0.3 is 15.0 Å². The maximum atomic E-state index is 5.11. The molecule has 1 aromatic carbocycles. The molecule has 0 bridgehead atoms. The summed E-state index contributed by atoms with van der Waals surface area (Å²) in [4.78, 5) is 2.57. The molecule has 2 rings (SSSR count). The van der Waals surface area contributed by atoms with E-state index in [-0.39, 0.29) is 0 Å². The first kappa shape index (κ1) is 14.5. The van der Waals surface area contributed by atoms with Crippen molar-refractivity contribution < 1.29 is 4.74 Å². The van der Waals surface area contributed by atoms with E-state index < -0.39 is 0 Å². The van der Waals surface area contributed by atoms with Crippen LogP contribution in [0.2, 0.25) is 0 Å². The van der Waals surface area contributed by atoms with E-state index in [1.165, 1.54) is 50.0 Å². The Morgan fingerprint density at radius 1 is 1.11 bits per heavy atom. The van der Waals surface area contributed by atoms with Crippen LogP contribution >= 0.6 is 0 Å². The second-order valence-electron chi connectivity index (χ2n) is 5.33. The van der Waals surface area contributed by atoms with Gasteiger partial charge in [-0.1, -0.05) is 24.3 Å². The minimum atomic E-state index is 0.698. The maximum Gasteiger partial charge on any atom is 0.0713 e. The van der Waals surface area contributed by atoms with E-state index in [9.17, 15) is 0 Å². The first-order valence-corrected chi connectivity index (χ1v) is 7.38. The molecule has 0 saturated carbocycles. The van der Waals surface area contributed by atoms with E-state index in [1.54, 1.807) is 7.11 Å². The fourth-order valence-electron chi connectivity index (χ4n) is 2.59. The van der Waals surface area contributed by atoms with Gasteiger partial charge in [-0.15, -0.1) is 0 Å². The van der Waals surface area contributed by atoms with Crippen LogP contribution in [0.15, 0.2) is 24.3 Å². The van der Waals surface area contributed by atoms with Crippen molar-refractivity contribution in [1.82, 2.24) is 10.2 Å². The Labute approximate surface area is 116 Å². The van der Waals surface area contributed by atoms with Crippen molar-refractivity contribution in [3.05, 3.63) is 35.4 Å². The summed E-state index contributed by atoms with van der Waals surface area (Å²) in [5.41, 5.74) is 2.58. The van der Waals surface area contributed by atoms with E-state index in [0.717, 1.165) is 13.1 Å². The van der Waals surface area contributed by atoms with Crippen molar-refractivity contribution in [2.24, 2.45) is 0 Å². The topological polar surface area (TPSA) is 24.5 Å². The molecule has 1 fully saturated rings. The lowest BCUT2D eigenvalue weighted by Crippen LogP contribution is -2.24. The SMILES string of the molecule is COCc1ccc(CNCCCN2CCCC2)cc1. The molecule has 0 amide bonds. The third-order valence-electron chi connectivity index (χ3n) is 3.69. The number of hydrogen-bond acceptors (Lipinski definition) is 3. The molecule has 19 heavy (non-hydrogen) atoms. The number of rotatable bonds is 8. The number of nitrogens with one attached hydrogen (secondary N) is 1. The van der Waals surface area contributed by atoms with Gasteiger partial charge in [-0.25, -0.2) is 0 Å². The van der Waals surface area contributed by atoms with Crippen LogP contribution in [0.3, 0.4) is 0 Å². The fourth-order valence-corrected chi connectivity index (χ4v) is 2.59. The molecule has 1 N–H and O–H groups in total. The number of ether oxygens (including phenoxy) is 1. The maximum absolute atomic E-state index is 5.11. The van der Waals surface area contributed by atoms with Crippen LogP contribution in [-0.2, 0) is 17.9 Å². The van der Waals surface area contributed by atoms with E-state index in [2.05, 4.69) is 34.5 Å². The number of benzene rings is 1. The number of hydrogen-bond donors (Lipinski definition) is 1. The summed E-state index contributed by atoms with van der Waals surface area (Å²) in [6.45, 7) is 6.63. The summed E-state index contributed by atoms with van der Waals surface area (Å²) in [6, 6.07) is 8.65. The number of nitrogens with zero attached hydrogens (tertiary/aromatic N) is 1. The zero-order valence-electron chi connectivity index (χ0n) is 12.0. The third-order valence-corrected chi connectivity index (χ3v) is 3.69. The predicted octanol–water partition coefficient (Wildman–Crippen LogP) is 2.41. The van der Waals surface area contributed by atoms with Crippen molar-refractivity contribution in [2.45, 2.75) is 32.4 Å². The molecule has 106 valence electrons. The van der Waals surface area contributed by atoms with Crippen molar-refractivity contribution in [3.8, 4) is 0 Å². The highest BCUT2D eigenvalue weighted by Gasteiger charge is 2.09.